The SMILES string of the molecule is COc1cc(NC(=O)c2ccn(-c3ccc(Cl)c(Cl)c3)n2)ncn1. The van der Waals surface area contributed by atoms with Crippen LogP contribution in [0.4, 0.5) is 5.82 Å². The number of carbonyl (C=O) groups excluding carboxylic acids is 1. The number of aromatic nitrogens is 4. The molecule has 2 aromatic heterocycles. The molecule has 1 amide bonds. The Balaban J connectivity index is 1.79. The lowest BCUT2D eigenvalue weighted by molar-refractivity contribution is 0.102. The van der Waals surface area contributed by atoms with Crippen molar-refractivity contribution in [3.05, 3.63) is 58.6 Å². The number of anilines is 1. The molecule has 3 rings (SSSR count). The first-order chi connectivity index (χ1) is 11.6. The van der Waals surface area contributed by atoms with Gasteiger partial charge in [0.15, 0.2) is 5.69 Å². The van der Waals surface area contributed by atoms with Gasteiger partial charge in [-0.15, -0.1) is 0 Å². The van der Waals surface area contributed by atoms with Crippen molar-refractivity contribution >= 4 is 34.9 Å². The van der Waals surface area contributed by atoms with Gasteiger partial charge in [-0.3, -0.25) is 4.79 Å². The van der Waals surface area contributed by atoms with E-state index in [0.717, 1.165) is 0 Å². The van der Waals surface area contributed by atoms with Crippen molar-refractivity contribution < 1.29 is 9.53 Å². The molecule has 0 aliphatic heterocycles. The Morgan fingerprint density at radius 3 is 2.75 bits per heavy atom. The van der Waals surface area contributed by atoms with Crippen molar-refractivity contribution in [2.45, 2.75) is 0 Å². The molecule has 7 nitrogen and oxygen atoms in total. The van der Waals surface area contributed by atoms with E-state index in [1.807, 2.05) is 0 Å². The molecule has 0 unspecified atom stereocenters. The van der Waals surface area contributed by atoms with Crippen LogP contribution in [-0.4, -0.2) is 32.8 Å². The molecule has 0 bridgehead atoms. The molecule has 0 aliphatic rings. The number of hydrogen-bond donors (Lipinski definition) is 1. The fraction of sp³-hybridized carbons (Fsp3) is 0.0667. The Morgan fingerprint density at radius 2 is 2.00 bits per heavy atom. The summed E-state index contributed by atoms with van der Waals surface area (Å²) in [7, 11) is 1.48. The van der Waals surface area contributed by atoms with E-state index in [2.05, 4.69) is 20.4 Å². The maximum absolute atomic E-state index is 12.2. The summed E-state index contributed by atoms with van der Waals surface area (Å²) in [5.41, 5.74) is 0.908. The third-order valence-electron chi connectivity index (χ3n) is 3.08. The van der Waals surface area contributed by atoms with Gasteiger partial charge in [0.05, 0.1) is 22.8 Å². The maximum Gasteiger partial charge on any atom is 0.277 e. The Kier molecular flexibility index (Phi) is 4.64. The summed E-state index contributed by atoms with van der Waals surface area (Å²) in [5, 5.41) is 7.70. The molecular formula is C15H11Cl2N5O2. The zero-order valence-corrected chi connectivity index (χ0v) is 13.9. The third kappa shape index (κ3) is 3.47. The van der Waals surface area contributed by atoms with Gasteiger partial charge in [0, 0.05) is 12.3 Å². The molecule has 0 atom stereocenters. The molecule has 0 fully saturated rings. The standard InChI is InChI=1S/C15H11Cl2N5O2/c1-24-14-7-13(18-8-19-14)20-15(23)12-4-5-22(21-12)9-2-3-10(16)11(17)6-9/h2-8H,1H3,(H,18,19,20,23). The number of ether oxygens (including phenoxy) is 1. The van der Waals surface area contributed by atoms with E-state index in [1.165, 1.54) is 24.2 Å². The van der Waals surface area contributed by atoms with Crippen LogP contribution in [0.3, 0.4) is 0 Å². The van der Waals surface area contributed by atoms with Crippen molar-refractivity contribution in [2.24, 2.45) is 0 Å². The minimum Gasteiger partial charge on any atom is -0.481 e. The molecule has 0 saturated carbocycles. The quantitative estimate of drug-likeness (QED) is 0.769. The van der Waals surface area contributed by atoms with E-state index >= 15 is 0 Å². The van der Waals surface area contributed by atoms with Crippen LogP contribution in [-0.2, 0) is 0 Å². The van der Waals surface area contributed by atoms with Gasteiger partial charge in [-0.25, -0.2) is 14.6 Å². The van der Waals surface area contributed by atoms with Crippen molar-refractivity contribution in [1.82, 2.24) is 19.7 Å². The van der Waals surface area contributed by atoms with E-state index in [1.54, 1.807) is 30.5 Å². The van der Waals surface area contributed by atoms with Gasteiger partial charge in [0.1, 0.15) is 12.1 Å². The second-order valence-electron chi connectivity index (χ2n) is 4.64. The van der Waals surface area contributed by atoms with E-state index in [-0.39, 0.29) is 5.69 Å². The molecule has 0 aliphatic carbocycles. The number of hydrogen-bond acceptors (Lipinski definition) is 5. The minimum atomic E-state index is -0.408. The molecule has 2 heterocycles. The maximum atomic E-state index is 12.2. The summed E-state index contributed by atoms with van der Waals surface area (Å²) < 4.78 is 6.50. The van der Waals surface area contributed by atoms with Crippen LogP contribution in [0.15, 0.2) is 42.9 Å². The minimum absolute atomic E-state index is 0.221. The van der Waals surface area contributed by atoms with E-state index in [4.69, 9.17) is 27.9 Å². The summed E-state index contributed by atoms with van der Waals surface area (Å²) in [4.78, 5) is 20.1. The molecule has 24 heavy (non-hydrogen) atoms. The average Bonchev–Trinajstić information content (AvgIpc) is 3.08. The van der Waals surface area contributed by atoms with Gasteiger partial charge in [-0.2, -0.15) is 5.10 Å². The van der Waals surface area contributed by atoms with Crippen molar-refractivity contribution in [3.63, 3.8) is 0 Å². The molecule has 9 heteroatoms. The Labute approximate surface area is 147 Å². The number of carbonyl (C=O) groups is 1. The van der Waals surface area contributed by atoms with E-state index in [0.29, 0.717) is 27.4 Å². The van der Waals surface area contributed by atoms with Crippen LogP contribution >= 0.6 is 23.2 Å². The first-order valence-electron chi connectivity index (χ1n) is 6.75. The van der Waals surface area contributed by atoms with Crippen LogP contribution in [0.25, 0.3) is 5.69 Å². The van der Waals surface area contributed by atoms with Crippen LogP contribution in [0, 0.1) is 0 Å². The Bertz CT molecular complexity index is 897. The number of rotatable bonds is 4. The van der Waals surface area contributed by atoms with Gasteiger partial charge in [-0.05, 0) is 24.3 Å². The lowest BCUT2D eigenvalue weighted by Crippen LogP contribution is -2.14. The highest BCUT2D eigenvalue weighted by atomic mass is 35.5. The number of methoxy groups -OCH3 is 1. The Hall–Kier alpha value is -2.64. The number of halogens is 2. The summed E-state index contributed by atoms with van der Waals surface area (Å²) in [6.45, 7) is 0. The molecule has 1 aromatic carbocycles. The zero-order valence-electron chi connectivity index (χ0n) is 12.4. The third-order valence-corrected chi connectivity index (χ3v) is 3.82. The summed E-state index contributed by atoms with van der Waals surface area (Å²) in [6.07, 6.45) is 2.94. The van der Waals surface area contributed by atoms with Crippen molar-refractivity contribution in [2.75, 3.05) is 12.4 Å². The van der Waals surface area contributed by atoms with Crippen molar-refractivity contribution in [3.8, 4) is 11.6 Å². The lowest BCUT2D eigenvalue weighted by Gasteiger charge is -2.04. The van der Waals surface area contributed by atoms with Crippen molar-refractivity contribution in [1.29, 1.82) is 0 Å². The second kappa shape index (κ2) is 6.86. The molecule has 3 aromatic rings. The fourth-order valence-corrected chi connectivity index (χ4v) is 2.21. The van der Waals surface area contributed by atoms with Crippen LogP contribution in [0.5, 0.6) is 5.88 Å². The number of benzene rings is 1. The summed E-state index contributed by atoms with van der Waals surface area (Å²) >= 11 is 11.9. The predicted molar refractivity (Wildman–Crippen MR) is 90.1 cm³/mol. The molecule has 122 valence electrons. The Morgan fingerprint density at radius 1 is 1.17 bits per heavy atom. The number of nitrogens with zero attached hydrogens (tertiary/aromatic N) is 4. The van der Waals surface area contributed by atoms with Crippen LogP contribution in [0.2, 0.25) is 10.0 Å². The highest BCUT2D eigenvalue weighted by molar-refractivity contribution is 6.42. The van der Waals surface area contributed by atoms with Gasteiger partial charge in [-0.1, -0.05) is 23.2 Å². The monoisotopic (exact) mass is 363 g/mol. The van der Waals surface area contributed by atoms with E-state index < -0.39 is 5.91 Å². The molecule has 1 N–H and O–H groups in total. The van der Waals surface area contributed by atoms with Crippen LogP contribution < -0.4 is 10.1 Å². The molecule has 0 saturated heterocycles. The fourth-order valence-electron chi connectivity index (χ4n) is 1.92. The molecule has 0 spiro atoms. The second-order valence-corrected chi connectivity index (χ2v) is 5.46. The van der Waals surface area contributed by atoms with Gasteiger partial charge >= 0.3 is 0 Å². The average molecular weight is 364 g/mol. The largest absolute Gasteiger partial charge is 0.481 e. The van der Waals surface area contributed by atoms with Gasteiger partial charge < -0.3 is 10.1 Å². The first kappa shape index (κ1) is 16.2. The first-order valence-corrected chi connectivity index (χ1v) is 7.51. The zero-order chi connectivity index (χ0) is 17.1. The van der Waals surface area contributed by atoms with Gasteiger partial charge in [0.25, 0.3) is 5.91 Å². The normalized spacial score (nSPS) is 10.5. The highest BCUT2D eigenvalue weighted by Gasteiger charge is 2.12. The highest BCUT2D eigenvalue weighted by Crippen LogP contribution is 2.24. The molecule has 0 radical (unpaired) electrons. The van der Waals surface area contributed by atoms with Crippen LogP contribution in [0.1, 0.15) is 10.5 Å². The molecular weight excluding hydrogens is 353 g/mol. The smallest absolute Gasteiger partial charge is 0.277 e. The topological polar surface area (TPSA) is 81.9 Å². The summed E-state index contributed by atoms with van der Waals surface area (Å²) in [5.74, 6) is 0.257. The lowest BCUT2D eigenvalue weighted by atomic mass is 10.3. The summed E-state index contributed by atoms with van der Waals surface area (Å²) in [6, 6.07) is 8.16. The number of amides is 1. The van der Waals surface area contributed by atoms with Gasteiger partial charge in [0.2, 0.25) is 5.88 Å². The van der Waals surface area contributed by atoms with E-state index in [9.17, 15) is 4.79 Å². The predicted octanol–water partition coefficient (Wildman–Crippen LogP) is 3.23. The number of nitrogens with one attached hydrogen (secondary N) is 1.